The quantitative estimate of drug-likeness (QED) is 0.627. The number of alkyl halides is 3. The highest BCUT2D eigenvalue weighted by Crippen LogP contribution is 2.36. The van der Waals surface area contributed by atoms with E-state index in [0.29, 0.717) is 12.1 Å². The van der Waals surface area contributed by atoms with Crippen LogP contribution in [0.5, 0.6) is 5.75 Å². The molecule has 0 radical (unpaired) electrons. The van der Waals surface area contributed by atoms with Gasteiger partial charge in [-0.25, -0.2) is 4.39 Å². The van der Waals surface area contributed by atoms with Gasteiger partial charge in [0.1, 0.15) is 0 Å². The van der Waals surface area contributed by atoms with Crippen molar-refractivity contribution in [3.63, 3.8) is 0 Å². The summed E-state index contributed by atoms with van der Waals surface area (Å²) < 4.78 is 54.4. The molecule has 0 unspecified atom stereocenters. The van der Waals surface area contributed by atoms with E-state index in [-0.39, 0.29) is 5.56 Å². The van der Waals surface area contributed by atoms with E-state index in [4.69, 9.17) is 0 Å². The molecule has 1 aliphatic heterocycles. The molecule has 2 rings (SSSR count). The van der Waals surface area contributed by atoms with E-state index in [9.17, 15) is 22.4 Å². The number of carbonyl (C=O) groups is 1. The van der Waals surface area contributed by atoms with Crippen LogP contribution in [0, 0.1) is 5.82 Å². The Kier molecular flexibility index (Phi) is 1.95. The number of ether oxygens (including phenoxy) is 1. The van der Waals surface area contributed by atoms with Crippen LogP contribution in [0.15, 0.2) is 12.1 Å². The fourth-order valence-electron chi connectivity index (χ4n) is 1.33. The molecule has 0 fully saturated rings. The lowest BCUT2D eigenvalue weighted by atomic mass is 10.1. The lowest BCUT2D eigenvalue weighted by Crippen LogP contribution is -2.07. The minimum atomic E-state index is -4.67. The summed E-state index contributed by atoms with van der Waals surface area (Å²) in [6.07, 6.45) is -4.67. The number of hydrogen-bond donors (Lipinski definition) is 0. The van der Waals surface area contributed by atoms with Crippen molar-refractivity contribution in [1.29, 1.82) is 0 Å². The van der Waals surface area contributed by atoms with Crippen molar-refractivity contribution in [1.82, 2.24) is 0 Å². The van der Waals surface area contributed by atoms with Gasteiger partial charge in [0, 0.05) is 0 Å². The molecule has 0 atom stereocenters. The molecule has 1 aliphatic rings. The van der Waals surface area contributed by atoms with Crippen LogP contribution >= 0.6 is 0 Å². The van der Waals surface area contributed by atoms with Crippen molar-refractivity contribution in [2.45, 2.75) is 6.18 Å². The van der Waals surface area contributed by atoms with Gasteiger partial charge in [-0.15, -0.1) is 0 Å². The highest BCUT2D eigenvalue weighted by Gasteiger charge is 2.35. The maximum absolute atomic E-state index is 13.1. The average Bonchev–Trinajstić information content (AvgIpc) is 2.47. The van der Waals surface area contributed by atoms with Crippen molar-refractivity contribution >= 4 is 5.78 Å². The fraction of sp³-hybridized carbons (Fsp3) is 0.222. The summed E-state index contributed by atoms with van der Waals surface area (Å²) >= 11 is 0. The molecule has 0 N–H and O–H groups in total. The van der Waals surface area contributed by atoms with Crippen LogP contribution in [-0.4, -0.2) is 12.4 Å². The summed E-state index contributed by atoms with van der Waals surface area (Å²) in [7, 11) is 0. The summed E-state index contributed by atoms with van der Waals surface area (Å²) in [4.78, 5) is 11.0. The van der Waals surface area contributed by atoms with E-state index in [1.165, 1.54) is 0 Å². The predicted octanol–water partition coefficient (Wildman–Crippen LogP) is 2.42. The largest absolute Gasteiger partial charge is 0.482 e. The number of carbonyl (C=O) groups excluding carboxylic acids is 1. The van der Waals surface area contributed by atoms with Crippen LogP contribution in [-0.2, 0) is 6.18 Å². The topological polar surface area (TPSA) is 26.3 Å². The van der Waals surface area contributed by atoms with Gasteiger partial charge in [-0.1, -0.05) is 0 Å². The lowest BCUT2D eigenvalue weighted by molar-refractivity contribution is -0.137. The summed E-state index contributed by atoms with van der Waals surface area (Å²) in [5.41, 5.74) is -1.53. The van der Waals surface area contributed by atoms with Crippen molar-refractivity contribution in [3.05, 3.63) is 29.1 Å². The molecule has 0 bridgehead atoms. The van der Waals surface area contributed by atoms with Crippen LogP contribution in [0.4, 0.5) is 17.6 Å². The highest BCUT2D eigenvalue weighted by molar-refractivity contribution is 6.02. The van der Waals surface area contributed by atoms with Crippen LogP contribution in [0.25, 0.3) is 0 Å². The fourth-order valence-corrected chi connectivity index (χ4v) is 1.33. The van der Waals surface area contributed by atoms with E-state index in [2.05, 4.69) is 4.74 Å². The zero-order chi connectivity index (χ0) is 11.2. The molecule has 0 aliphatic carbocycles. The Hall–Kier alpha value is -1.59. The maximum Gasteiger partial charge on any atom is 0.416 e. The maximum atomic E-state index is 13.1. The number of Topliss-reactive ketones (excluding diaryl/α,β-unsaturated/α-hetero) is 1. The van der Waals surface area contributed by atoms with Gasteiger partial charge in [0.05, 0.1) is 11.1 Å². The van der Waals surface area contributed by atoms with E-state index in [0.717, 1.165) is 0 Å². The number of benzene rings is 1. The highest BCUT2D eigenvalue weighted by atomic mass is 19.4. The first-order valence-corrected chi connectivity index (χ1v) is 3.96. The molecule has 1 aromatic carbocycles. The molecule has 0 spiro atoms. The molecule has 0 saturated heterocycles. The van der Waals surface area contributed by atoms with Crippen LogP contribution in [0.1, 0.15) is 15.9 Å². The molecule has 2 nitrogen and oxygen atoms in total. The molecule has 15 heavy (non-hydrogen) atoms. The molecule has 0 aromatic heterocycles. The zero-order valence-electron chi connectivity index (χ0n) is 7.19. The molecule has 0 saturated carbocycles. The minimum absolute atomic E-state index is 0.317. The summed E-state index contributed by atoms with van der Waals surface area (Å²) in [5, 5.41) is 0. The number of rotatable bonds is 0. The van der Waals surface area contributed by atoms with Gasteiger partial charge in [0.25, 0.3) is 0 Å². The van der Waals surface area contributed by atoms with Gasteiger partial charge >= 0.3 is 6.18 Å². The van der Waals surface area contributed by atoms with E-state index in [1.54, 1.807) is 0 Å². The Morgan fingerprint density at radius 2 is 1.93 bits per heavy atom. The third-order valence-corrected chi connectivity index (χ3v) is 2.02. The van der Waals surface area contributed by atoms with Crippen molar-refractivity contribution in [2.24, 2.45) is 0 Å². The molecular weight excluding hydrogens is 216 g/mol. The Labute approximate surface area is 81.5 Å². The number of hydrogen-bond acceptors (Lipinski definition) is 2. The van der Waals surface area contributed by atoms with Gasteiger partial charge in [0.2, 0.25) is 5.78 Å². The lowest BCUT2D eigenvalue weighted by Gasteiger charge is -2.08. The SMILES string of the molecule is O=C1COc2c(F)cc(C(F)(F)F)cc21. The van der Waals surface area contributed by atoms with Crippen molar-refractivity contribution in [2.75, 3.05) is 6.61 Å². The number of halogens is 4. The Morgan fingerprint density at radius 1 is 1.27 bits per heavy atom. The van der Waals surface area contributed by atoms with Gasteiger partial charge in [-0.2, -0.15) is 13.2 Å². The molecule has 6 heteroatoms. The van der Waals surface area contributed by atoms with Crippen molar-refractivity contribution < 1.29 is 27.1 Å². The first-order chi connectivity index (χ1) is 6.89. The van der Waals surface area contributed by atoms with Gasteiger partial charge in [-0.05, 0) is 12.1 Å². The number of fused-ring (bicyclic) bond motifs is 1. The van der Waals surface area contributed by atoms with Gasteiger partial charge < -0.3 is 4.74 Å². The minimum Gasteiger partial charge on any atom is -0.482 e. The second-order valence-corrected chi connectivity index (χ2v) is 3.04. The Morgan fingerprint density at radius 3 is 2.53 bits per heavy atom. The Balaban J connectivity index is 2.61. The van der Waals surface area contributed by atoms with Crippen LogP contribution in [0.3, 0.4) is 0 Å². The standard InChI is InChI=1S/C9H4F4O2/c10-6-2-4(9(11,12)13)1-5-7(14)3-15-8(5)6/h1-2H,3H2. The smallest absolute Gasteiger partial charge is 0.416 e. The molecule has 0 amide bonds. The Bertz CT molecular complexity index is 436. The normalized spacial score (nSPS) is 15.1. The third-order valence-electron chi connectivity index (χ3n) is 2.02. The second kappa shape index (κ2) is 2.95. The van der Waals surface area contributed by atoms with Crippen LogP contribution in [0.2, 0.25) is 0 Å². The molecular formula is C9H4F4O2. The van der Waals surface area contributed by atoms with E-state index < -0.39 is 35.7 Å². The average molecular weight is 220 g/mol. The van der Waals surface area contributed by atoms with E-state index >= 15 is 0 Å². The second-order valence-electron chi connectivity index (χ2n) is 3.04. The molecule has 1 heterocycles. The first-order valence-electron chi connectivity index (χ1n) is 3.96. The monoisotopic (exact) mass is 220 g/mol. The summed E-state index contributed by atoms with van der Waals surface area (Å²) in [5.74, 6) is -2.20. The molecule has 80 valence electrons. The van der Waals surface area contributed by atoms with Crippen molar-refractivity contribution in [3.8, 4) is 5.75 Å². The predicted molar refractivity (Wildman–Crippen MR) is 41.2 cm³/mol. The number of ketones is 1. The zero-order valence-corrected chi connectivity index (χ0v) is 7.19. The van der Waals surface area contributed by atoms with E-state index in [1.807, 2.05) is 0 Å². The van der Waals surface area contributed by atoms with Gasteiger partial charge in [-0.3, -0.25) is 4.79 Å². The third kappa shape index (κ3) is 1.55. The summed E-state index contributed by atoms with van der Waals surface area (Å²) in [6.45, 7) is -0.409. The first kappa shape index (κ1) is 9.95. The van der Waals surface area contributed by atoms with Gasteiger partial charge in [0.15, 0.2) is 18.2 Å². The summed E-state index contributed by atoms with van der Waals surface area (Å²) in [6, 6.07) is 0.922. The van der Waals surface area contributed by atoms with Crippen LogP contribution < -0.4 is 4.74 Å². The molecule has 1 aromatic rings.